The van der Waals surface area contributed by atoms with Gasteiger partial charge in [0, 0.05) is 0 Å². The van der Waals surface area contributed by atoms with E-state index in [0.717, 1.165) is 49.4 Å². The van der Waals surface area contributed by atoms with E-state index in [0.29, 0.717) is 0 Å². The number of hydrogen-bond acceptors (Lipinski definition) is 3. The van der Waals surface area contributed by atoms with Gasteiger partial charge in [0.25, 0.3) is 0 Å². The number of furan rings is 1. The summed E-state index contributed by atoms with van der Waals surface area (Å²) in [6.07, 6.45) is 3.84. The fraction of sp³-hybridized carbons (Fsp3) is 0.778. The Labute approximate surface area is 130 Å². The summed E-state index contributed by atoms with van der Waals surface area (Å²) in [7, 11) is 0. The van der Waals surface area contributed by atoms with Crippen LogP contribution in [-0.4, -0.2) is 24.5 Å². The van der Waals surface area contributed by atoms with Gasteiger partial charge in [0.05, 0.1) is 13.1 Å². The first-order valence-corrected chi connectivity index (χ1v) is 8.61. The molecule has 0 aliphatic carbocycles. The molecule has 2 rings (SSSR count). The van der Waals surface area contributed by atoms with Gasteiger partial charge < -0.3 is 9.73 Å². The van der Waals surface area contributed by atoms with Gasteiger partial charge in [-0.25, -0.2) is 0 Å². The normalized spacial score (nSPS) is 17.8. The number of hydrogen-bond donors (Lipinski definition) is 1. The minimum atomic E-state index is 0.828. The highest BCUT2D eigenvalue weighted by Gasteiger charge is 2.22. The van der Waals surface area contributed by atoms with Crippen molar-refractivity contribution in [1.29, 1.82) is 0 Å². The third kappa shape index (κ3) is 4.86. The molecule has 1 N–H and O–H groups in total. The Morgan fingerprint density at radius 2 is 2.05 bits per heavy atom. The quantitative estimate of drug-likeness (QED) is 0.771. The maximum absolute atomic E-state index is 6.03. The van der Waals surface area contributed by atoms with Crippen LogP contribution in [0.15, 0.2) is 10.5 Å². The second-order valence-corrected chi connectivity index (χ2v) is 6.85. The van der Waals surface area contributed by atoms with E-state index in [1.54, 1.807) is 0 Å². The first-order chi connectivity index (χ1) is 10.1. The van der Waals surface area contributed by atoms with Gasteiger partial charge >= 0.3 is 0 Å². The largest absolute Gasteiger partial charge is 0.463 e. The van der Waals surface area contributed by atoms with Gasteiger partial charge in [-0.15, -0.1) is 0 Å². The summed E-state index contributed by atoms with van der Waals surface area (Å²) in [5.74, 6) is 3.97. The molecule has 0 saturated carbocycles. The van der Waals surface area contributed by atoms with E-state index in [2.05, 4.69) is 44.0 Å². The number of rotatable bonds is 7. The Hall–Kier alpha value is -0.800. The molecule has 1 aromatic rings. The summed E-state index contributed by atoms with van der Waals surface area (Å²) in [4.78, 5) is 2.54. The summed E-state index contributed by atoms with van der Waals surface area (Å²) < 4.78 is 6.03. The van der Waals surface area contributed by atoms with Gasteiger partial charge in [-0.3, -0.25) is 4.90 Å². The van der Waals surface area contributed by atoms with E-state index in [9.17, 15) is 0 Å². The van der Waals surface area contributed by atoms with Crippen molar-refractivity contribution < 1.29 is 4.42 Å². The zero-order chi connectivity index (χ0) is 15.2. The van der Waals surface area contributed by atoms with E-state index < -0.39 is 0 Å². The lowest BCUT2D eigenvalue weighted by molar-refractivity contribution is 0.143. The predicted molar refractivity (Wildman–Crippen MR) is 88.3 cm³/mol. The Morgan fingerprint density at radius 1 is 1.33 bits per heavy atom. The molecule has 0 atom stereocenters. The predicted octanol–water partition coefficient (Wildman–Crippen LogP) is 3.96. The average molecular weight is 292 g/mol. The molecule has 1 aliphatic rings. The average Bonchev–Trinajstić information content (AvgIpc) is 2.80. The molecule has 0 bridgehead atoms. The molecule has 2 heterocycles. The molecule has 0 unspecified atom stereocenters. The molecule has 0 amide bonds. The van der Waals surface area contributed by atoms with Crippen LogP contribution in [0.4, 0.5) is 0 Å². The topological polar surface area (TPSA) is 28.4 Å². The fourth-order valence-electron chi connectivity index (χ4n) is 3.22. The summed E-state index contributed by atoms with van der Waals surface area (Å²) in [5, 5.41) is 3.42. The maximum atomic E-state index is 6.03. The minimum absolute atomic E-state index is 0.828. The molecular formula is C18H32N2O. The molecule has 1 aliphatic heterocycles. The standard InChI is InChI=1S/C18H32N2O/c1-5-8-19-12-18-15(4)11-17(21-18)13-20-9-6-16(7-10-20)14(2)3/h11,14,16,19H,5-10,12-13H2,1-4H3. The van der Waals surface area contributed by atoms with Crippen molar-refractivity contribution in [3.63, 3.8) is 0 Å². The van der Waals surface area contributed by atoms with Crippen LogP contribution >= 0.6 is 0 Å². The lowest BCUT2D eigenvalue weighted by Gasteiger charge is -2.33. The van der Waals surface area contributed by atoms with Crippen molar-refractivity contribution in [3.8, 4) is 0 Å². The molecule has 0 spiro atoms. The fourth-order valence-corrected chi connectivity index (χ4v) is 3.22. The number of piperidine rings is 1. The molecule has 0 aromatic carbocycles. The van der Waals surface area contributed by atoms with E-state index in [4.69, 9.17) is 4.42 Å². The summed E-state index contributed by atoms with van der Waals surface area (Å²) >= 11 is 0. The molecule has 1 fully saturated rings. The number of nitrogens with zero attached hydrogens (tertiary/aromatic N) is 1. The lowest BCUT2D eigenvalue weighted by atomic mass is 9.87. The van der Waals surface area contributed by atoms with E-state index in [1.165, 1.54) is 31.5 Å². The van der Waals surface area contributed by atoms with Gasteiger partial charge in [0.2, 0.25) is 0 Å². The second-order valence-electron chi connectivity index (χ2n) is 6.85. The first kappa shape index (κ1) is 16.6. The SMILES string of the molecule is CCCNCc1oc(CN2CCC(C(C)C)CC2)cc1C. The van der Waals surface area contributed by atoms with Gasteiger partial charge in [-0.1, -0.05) is 20.8 Å². The highest BCUT2D eigenvalue weighted by Crippen LogP contribution is 2.26. The molecule has 0 radical (unpaired) electrons. The molecule has 1 saturated heterocycles. The second kappa shape index (κ2) is 8.00. The molecule has 120 valence electrons. The van der Waals surface area contributed by atoms with Gasteiger partial charge in [0.1, 0.15) is 11.5 Å². The molecule has 21 heavy (non-hydrogen) atoms. The van der Waals surface area contributed by atoms with Crippen LogP contribution in [-0.2, 0) is 13.1 Å². The van der Waals surface area contributed by atoms with Crippen molar-refractivity contribution in [3.05, 3.63) is 23.2 Å². The Morgan fingerprint density at radius 3 is 2.67 bits per heavy atom. The van der Waals surface area contributed by atoms with E-state index in [1.807, 2.05) is 0 Å². The first-order valence-electron chi connectivity index (χ1n) is 8.61. The molecule has 3 nitrogen and oxygen atoms in total. The Bertz CT molecular complexity index is 417. The summed E-state index contributed by atoms with van der Waals surface area (Å²) in [6, 6.07) is 2.22. The third-order valence-electron chi connectivity index (χ3n) is 4.74. The number of likely N-dealkylation sites (tertiary alicyclic amines) is 1. The molecule has 3 heteroatoms. The summed E-state index contributed by atoms with van der Waals surface area (Å²) in [6.45, 7) is 14.4. The van der Waals surface area contributed by atoms with Crippen LogP contribution in [0.5, 0.6) is 0 Å². The van der Waals surface area contributed by atoms with Crippen LogP contribution < -0.4 is 5.32 Å². The van der Waals surface area contributed by atoms with Crippen LogP contribution in [0.25, 0.3) is 0 Å². The van der Waals surface area contributed by atoms with Gasteiger partial charge in [-0.2, -0.15) is 0 Å². The third-order valence-corrected chi connectivity index (χ3v) is 4.74. The molecule has 1 aromatic heterocycles. The number of nitrogens with one attached hydrogen (secondary N) is 1. The van der Waals surface area contributed by atoms with Gasteiger partial charge in [0.15, 0.2) is 0 Å². The van der Waals surface area contributed by atoms with Crippen LogP contribution in [0.1, 0.15) is 57.1 Å². The highest BCUT2D eigenvalue weighted by molar-refractivity contribution is 5.20. The van der Waals surface area contributed by atoms with Crippen molar-refractivity contribution in [2.45, 2.75) is 60.0 Å². The van der Waals surface area contributed by atoms with Gasteiger partial charge in [-0.05, 0) is 69.3 Å². The molecular weight excluding hydrogens is 260 g/mol. The van der Waals surface area contributed by atoms with Crippen LogP contribution in [0.2, 0.25) is 0 Å². The van der Waals surface area contributed by atoms with Crippen LogP contribution in [0.3, 0.4) is 0 Å². The van der Waals surface area contributed by atoms with Crippen molar-refractivity contribution in [1.82, 2.24) is 10.2 Å². The lowest BCUT2D eigenvalue weighted by Crippen LogP contribution is -2.34. The zero-order valence-electron chi connectivity index (χ0n) is 14.2. The van der Waals surface area contributed by atoms with Crippen LogP contribution in [0, 0.1) is 18.8 Å². The smallest absolute Gasteiger partial charge is 0.120 e. The van der Waals surface area contributed by atoms with Crippen molar-refractivity contribution in [2.75, 3.05) is 19.6 Å². The summed E-state index contributed by atoms with van der Waals surface area (Å²) in [5.41, 5.74) is 1.28. The maximum Gasteiger partial charge on any atom is 0.120 e. The minimum Gasteiger partial charge on any atom is -0.463 e. The monoisotopic (exact) mass is 292 g/mol. The van der Waals surface area contributed by atoms with E-state index >= 15 is 0 Å². The zero-order valence-corrected chi connectivity index (χ0v) is 14.2. The van der Waals surface area contributed by atoms with Crippen molar-refractivity contribution in [2.24, 2.45) is 11.8 Å². The highest BCUT2D eigenvalue weighted by atomic mass is 16.3. The van der Waals surface area contributed by atoms with E-state index in [-0.39, 0.29) is 0 Å². The Kier molecular flexibility index (Phi) is 6.31. The van der Waals surface area contributed by atoms with Crippen molar-refractivity contribution >= 4 is 0 Å². The Balaban J connectivity index is 1.82. The number of aryl methyl sites for hydroxylation is 1.